The normalized spacial score (nSPS) is 11.9. The fourth-order valence-electron chi connectivity index (χ4n) is 2.81. The summed E-state index contributed by atoms with van der Waals surface area (Å²) in [5.41, 5.74) is 3.42. The number of amides is 1. The lowest BCUT2D eigenvalue weighted by atomic mass is 10.0. The predicted octanol–water partition coefficient (Wildman–Crippen LogP) is 4.99. The first-order valence-corrected chi connectivity index (χ1v) is 8.10. The van der Waals surface area contributed by atoms with Crippen molar-refractivity contribution in [3.8, 4) is 0 Å². The van der Waals surface area contributed by atoms with Gasteiger partial charge < -0.3 is 9.32 Å². The van der Waals surface area contributed by atoms with Crippen molar-refractivity contribution in [3.63, 3.8) is 0 Å². The van der Waals surface area contributed by atoms with E-state index < -0.39 is 0 Å². The number of carbonyl (C=O) groups excluding carboxylic acids is 1. The number of carbonyl (C=O) groups is 1. The SMILES string of the molecule is Cc1ccccc1CN(C(=O)c1ccco1)[C@@H](C)c1ccccc1. The van der Waals surface area contributed by atoms with Gasteiger partial charge in [0.2, 0.25) is 0 Å². The van der Waals surface area contributed by atoms with Crippen LogP contribution in [0.15, 0.2) is 77.4 Å². The van der Waals surface area contributed by atoms with Crippen LogP contribution in [-0.4, -0.2) is 10.8 Å². The first kappa shape index (κ1) is 16.1. The molecule has 2 aromatic carbocycles. The molecule has 1 aromatic heterocycles. The van der Waals surface area contributed by atoms with Crippen molar-refractivity contribution in [3.05, 3.63) is 95.4 Å². The van der Waals surface area contributed by atoms with Gasteiger partial charge in [-0.1, -0.05) is 54.6 Å². The third-order valence-electron chi connectivity index (χ3n) is 4.34. The Bertz CT molecular complexity index is 794. The molecule has 3 nitrogen and oxygen atoms in total. The van der Waals surface area contributed by atoms with Crippen LogP contribution in [-0.2, 0) is 6.54 Å². The zero-order valence-electron chi connectivity index (χ0n) is 14.0. The highest BCUT2D eigenvalue weighted by atomic mass is 16.3. The van der Waals surface area contributed by atoms with Crippen molar-refractivity contribution in [1.29, 1.82) is 0 Å². The highest BCUT2D eigenvalue weighted by Crippen LogP contribution is 2.25. The minimum Gasteiger partial charge on any atom is -0.459 e. The summed E-state index contributed by atoms with van der Waals surface area (Å²) in [5.74, 6) is 0.269. The third kappa shape index (κ3) is 3.40. The number of nitrogens with zero attached hydrogens (tertiary/aromatic N) is 1. The highest BCUT2D eigenvalue weighted by Gasteiger charge is 2.25. The topological polar surface area (TPSA) is 33.5 Å². The molecule has 0 aliphatic carbocycles. The van der Waals surface area contributed by atoms with Gasteiger partial charge in [-0.2, -0.15) is 0 Å². The molecular formula is C21H21NO2. The summed E-state index contributed by atoms with van der Waals surface area (Å²) < 4.78 is 5.34. The smallest absolute Gasteiger partial charge is 0.290 e. The molecule has 0 radical (unpaired) electrons. The second kappa shape index (κ2) is 7.18. The molecule has 0 N–H and O–H groups in total. The van der Waals surface area contributed by atoms with Crippen LogP contribution in [0, 0.1) is 6.92 Å². The Morgan fingerprint density at radius 1 is 1.00 bits per heavy atom. The lowest BCUT2D eigenvalue weighted by molar-refractivity contribution is 0.0641. The van der Waals surface area contributed by atoms with E-state index in [1.54, 1.807) is 12.1 Å². The van der Waals surface area contributed by atoms with E-state index in [4.69, 9.17) is 4.42 Å². The van der Waals surface area contributed by atoms with Gasteiger partial charge in [0.1, 0.15) is 0 Å². The first-order valence-electron chi connectivity index (χ1n) is 8.10. The lowest BCUT2D eigenvalue weighted by Gasteiger charge is -2.29. The summed E-state index contributed by atoms with van der Waals surface area (Å²) in [6.45, 7) is 4.66. The molecule has 1 heterocycles. The van der Waals surface area contributed by atoms with E-state index in [2.05, 4.69) is 26.0 Å². The van der Waals surface area contributed by atoms with Gasteiger partial charge in [0.25, 0.3) is 5.91 Å². The Kier molecular flexibility index (Phi) is 4.80. The average Bonchev–Trinajstić information content (AvgIpc) is 3.15. The van der Waals surface area contributed by atoms with Crippen LogP contribution in [0.2, 0.25) is 0 Å². The Hall–Kier alpha value is -2.81. The number of aryl methyl sites for hydroxylation is 1. The molecule has 0 spiro atoms. The number of hydrogen-bond acceptors (Lipinski definition) is 2. The lowest BCUT2D eigenvalue weighted by Crippen LogP contribution is -2.33. The Morgan fingerprint density at radius 2 is 1.71 bits per heavy atom. The van der Waals surface area contributed by atoms with Gasteiger partial charge in [0.05, 0.1) is 12.3 Å². The molecule has 24 heavy (non-hydrogen) atoms. The Balaban J connectivity index is 1.94. The average molecular weight is 319 g/mol. The van der Waals surface area contributed by atoms with Crippen molar-refractivity contribution in [1.82, 2.24) is 4.90 Å². The standard InChI is InChI=1S/C21H21NO2/c1-16-9-6-7-12-19(16)15-22(21(23)20-13-8-14-24-20)17(2)18-10-4-3-5-11-18/h3-14,17H,15H2,1-2H3/t17-/m0/s1. The van der Waals surface area contributed by atoms with E-state index in [-0.39, 0.29) is 11.9 Å². The zero-order chi connectivity index (χ0) is 16.9. The fraction of sp³-hybridized carbons (Fsp3) is 0.190. The molecule has 0 aliphatic heterocycles. The van der Waals surface area contributed by atoms with E-state index >= 15 is 0 Å². The number of hydrogen-bond donors (Lipinski definition) is 0. The van der Waals surface area contributed by atoms with Crippen molar-refractivity contribution >= 4 is 5.91 Å². The molecule has 0 aliphatic rings. The van der Waals surface area contributed by atoms with Crippen molar-refractivity contribution in [2.24, 2.45) is 0 Å². The maximum atomic E-state index is 13.0. The van der Waals surface area contributed by atoms with Gasteiger partial charge >= 0.3 is 0 Å². The van der Waals surface area contributed by atoms with Crippen LogP contribution >= 0.6 is 0 Å². The second-order valence-corrected chi connectivity index (χ2v) is 5.92. The van der Waals surface area contributed by atoms with E-state index in [1.807, 2.05) is 47.4 Å². The molecule has 0 saturated heterocycles. The fourth-order valence-corrected chi connectivity index (χ4v) is 2.81. The summed E-state index contributed by atoms with van der Waals surface area (Å²) in [7, 11) is 0. The van der Waals surface area contributed by atoms with Crippen LogP contribution in [0.5, 0.6) is 0 Å². The Morgan fingerprint density at radius 3 is 2.38 bits per heavy atom. The third-order valence-corrected chi connectivity index (χ3v) is 4.34. The number of benzene rings is 2. The summed E-state index contributed by atoms with van der Waals surface area (Å²) in [6.07, 6.45) is 1.53. The summed E-state index contributed by atoms with van der Waals surface area (Å²) in [5, 5.41) is 0. The Labute approximate surface area is 142 Å². The van der Waals surface area contributed by atoms with Crippen molar-refractivity contribution in [2.45, 2.75) is 26.4 Å². The number of rotatable bonds is 5. The molecule has 3 aromatic rings. The van der Waals surface area contributed by atoms with Gasteiger partial charge in [0.15, 0.2) is 5.76 Å². The molecule has 0 fully saturated rings. The van der Waals surface area contributed by atoms with Gasteiger partial charge in [-0.15, -0.1) is 0 Å². The van der Waals surface area contributed by atoms with Crippen LogP contribution < -0.4 is 0 Å². The molecule has 122 valence electrons. The molecule has 0 unspecified atom stereocenters. The van der Waals surface area contributed by atoms with E-state index in [1.165, 1.54) is 11.8 Å². The van der Waals surface area contributed by atoms with Crippen LogP contribution in [0.4, 0.5) is 0 Å². The maximum Gasteiger partial charge on any atom is 0.290 e. The molecule has 3 heteroatoms. The molecule has 1 atom stereocenters. The largest absolute Gasteiger partial charge is 0.459 e. The molecule has 0 saturated carbocycles. The second-order valence-electron chi connectivity index (χ2n) is 5.92. The van der Waals surface area contributed by atoms with Crippen molar-refractivity contribution < 1.29 is 9.21 Å². The van der Waals surface area contributed by atoms with Crippen LogP contribution in [0.25, 0.3) is 0 Å². The van der Waals surface area contributed by atoms with E-state index in [9.17, 15) is 4.79 Å². The summed E-state index contributed by atoms with van der Waals surface area (Å²) in [4.78, 5) is 14.8. The quantitative estimate of drug-likeness (QED) is 0.663. The monoisotopic (exact) mass is 319 g/mol. The van der Waals surface area contributed by atoms with Crippen LogP contribution in [0.1, 0.15) is 40.2 Å². The number of furan rings is 1. The maximum absolute atomic E-state index is 13.0. The van der Waals surface area contributed by atoms with Gasteiger partial charge in [-0.05, 0) is 42.7 Å². The minimum absolute atomic E-state index is 0.0524. The molecular weight excluding hydrogens is 298 g/mol. The molecule has 0 bridgehead atoms. The van der Waals surface area contributed by atoms with Crippen molar-refractivity contribution in [2.75, 3.05) is 0 Å². The van der Waals surface area contributed by atoms with E-state index in [0.29, 0.717) is 12.3 Å². The first-order chi connectivity index (χ1) is 11.7. The van der Waals surface area contributed by atoms with E-state index in [0.717, 1.165) is 11.1 Å². The van der Waals surface area contributed by atoms with Gasteiger partial charge in [-0.25, -0.2) is 0 Å². The predicted molar refractivity (Wildman–Crippen MR) is 94.6 cm³/mol. The molecule has 1 amide bonds. The zero-order valence-corrected chi connectivity index (χ0v) is 14.0. The highest BCUT2D eigenvalue weighted by molar-refractivity contribution is 5.91. The van der Waals surface area contributed by atoms with Crippen LogP contribution in [0.3, 0.4) is 0 Å². The minimum atomic E-state index is -0.0976. The molecule has 3 rings (SSSR count). The summed E-state index contributed by atoms with van der Waals surface area (Å²) in [6, 6.07) is 21.6. The summed E-state index contributed by atoms with van der Waals surface area (Å²) >= 11 is 0. The van der Waals surface area contributed by atoms with Gasteiger partial charge in [-0.3, -0.25) is 4.79 Å². The van der Waals surface area contributed by atoms with Gasteiger partial charge in [0, 0.05) is 6.54 Å².